The number of rotatable bonds is 6. The number of aromatic nitrogens is 4. The maximum atomic E-state index is 12.5. The number of nitrogens with one attached hydrogen (secondary N) is 1. The molecule has 28 heavy (non-hydrogen) atoms. The molecule has 0 unspecified atom stereocenters. The fraction of sp³-hybridized carbons (Fsp3) is 0.421. The molecule has 1 aliphatic heterocycles. The lowest BCUT2D eigenvalue weighted by molar-refractivity contribution is -0.121. The van der Waals surface area contributed by atoms with E-state index < -0.39 is 0 Å². The van der Waals surface area contributed by atoms with E-state index in [1.807, 2.05) is 19.1 Å². The maximum Gasteiger partial charge on any atom is 0.275 e. The smallest absolute Gasteiger partial charge is 0.275 e. The van der Waals surface area contributed by atoms with Crippen LogP contribution in [0.25, 0.3) is 10.8 Å². The van der Waals surface area contributed by atoms with Gasteiger partial charge in [0.05, 0.1) is 11.1 Å². The van der Waals surface area contributed by atoms with Crippen molar-refractivity contribution >= 4 is 16.7 Å². The van der Waals surface area contributed by atoms with Gasteiger partial charge in [0.2, 0.25) is 5.91 Å². The summed E-state index contributed by atoms with van der Waals surface area (Å²) in [6, 6.07) is 7.24. The van der Waals surface area contributed by atoms with Crippen LogP contribution in [0.3, 0.4) is 0 Å². The second-order valence-electron chi connectivity index (χ2n) is 6.74. The van der Waals surface area contributed by atoms with Crippen LogP contribution in [0.2, 0.25) is 0 Å². The molecule has 0 saturated carbocycles. The van der Waals surface area contributed by atoms with E-state index in [2.05, 4.69) is 20.6 Å². The molecular formula is C19H21N5O4. The Kier molecular flexibility index (Phi) is 5.16. The zero-order chi connectivity index (χ0) is 19.5. The number of fused-ring (bicyclic) bond motifs is 1. The van der Waals surface area contributed by atoms with Gasteiger partial charge in [0.1, 0.15) is 12.6 Å². The van der Waals surface area contributed by atoms with Gasteiger partial charge in [0.15, 0.2) is 5.82 Å². The van der Waals surface area contributed by atoms with E-state index in [9.17, 15) is 9.59 Å². The Labute approximate surface area is 160 Å². The molecule has 1 N–H and O–H groups in total. The molecule has 3 heterocycles. The molecule has 1 aliphatic rings. The topological polar surface area (TPSA) is 112 Å². The molecule has 1 saturated heterocycles. The molecule has 1 amide bonds. The van der Waals surface area contributed by atoms with Crippen molar-refractivity contribution in [2.75, 3.05) is 13.2 Å². The summed E-state index contributed by atoms with van der Waals surface area (Å²) < 4.78 is 11.9. The van der Waals surface area contributed by atoms with Crippen LogP contribution in [0.5, 0.6) is 0 Å². The third-order valence-electron chi connectivity index (χ3n) is 4.71. The number of carbonyl (C=O) groups excluding carboxylic acids is 1. The van der Waals surface area contributed by atoms with Crippen molar-refractivity contribution in [3.8, 4) is 0 Å². The van der Waals surface area contributed by atoms with Gasteiger partial charge in [0, 0.05) is 25.0 Å². The van der Waals surface area contributed by atoms with Crippen LogP contribution in [0.15, 0.2) is 33.6 Å². The summed E-state index contributed by atoms with van der Waals surface area (Å²) in [6.07, 6.45) is 2.18. The highest BCUT2D eigenvalue weighted by Gasteiger charge is 2.23. The van der Waals surface area contributed by atoms with E-state index in [-0.39, 0.29) is 24.1 Å². The molecule has 9 nitrogen and oxygen atoms in total. The highest BCUT2D eigenvalue weighted by atomic mass is 16.5. The molecule has 1 fully saturated rings. The molecule has 1 atom stereocenters. The lowest BCUT2D eigenvalue weighted by Crippen LogP contribution is -2.35. The minimum atomic E-state index is -0.299. The van der Waals surface area contributed by atoms with Crippen molar-refractivity contribution in [2.45, 2.75) is 38.8 Å². The summed E-state index contributed by atoms with van der Waals surface area (Å²) in [5, 5.41) is 12.3. The van der Waals surface area contributed by atoms with Gasteiger partial charge in [-0.25, -0.2) is 4.68 Å². The fourth-order valence-corrected chi connectivity index (χ4v) is 3.29. The number of benzene rings is 1. The normalized spacial score (nSPS) is 16.5. The number of aryl methyl sites for hydroxylation is 1. The summed E-state index contributed by atoms with van der Waals surface area (Å²) >= 11 is 0. The average molecular weight is 383 g/mol. The van der Waals surface area contributed by atoms with Crippen molar-refractivity contribution in [3.05, 3.63) is 52.0 Å². The van der Waals surface area contributed by atoms with E-state index in [0.29, 0.717) is 42.4 Å². The predicted octanol–water partition coefficient (Wildman–Crippen LogP) is 1.30. The molecule has 9 heteroatoms. The number of amides is 1. The van der Waals surface area contributed by atoms with Crippen molar-refractivity contribution < 1.29 is 14.1 Å². The Morgan fingerprint density at radius 2 is 2.14 bits per heavy atom. The Morgan fingerprint density at radius 3 is 2.93 bits per heavy atom. The van der Waals surface area contributed by atoms with E-state index >= 15 is 0 Å². The number of hydrogen-bond acceptors (Lipinski definition) is 7. The Bertz CT molecular complexity index is 1050. The molecule has 0 radical (unpaired) electrons. The maximum absolute atomic E-state index is 12.5. The molecule has 3 aromatic rings. The minimum Gasteiger partial charge on any atom is -0.368 e. The second kappa shape index (κ2) is 7.89. The average Bonchev–Trinajstić information content (AvgIpc) is 3.38. The standard InChI is InChI=1S/C19H21N5O4/c1-12-13-5-2-3-6-14(13)19(26)24(22-12)11-17(25)20-9-8-16-21-18(28-23-16)15-7-4-10-27-15/h2-3,5-6,15H,4,7-11H2,1H3,(H,20,25)/t15-/m0/s1. The van der Waals surface area contributed by atoms with Gasteiger partial charge in [-0.15, -0.1) is 0 Å². The third-order valence-corrected chi connectivity index (χ3v) is 4.71. The predicted molar refractivity (Wildman–Crippen MR) is 99.7 cm³/mol. The summed E-state index contributed by atoms with van der Waals surface area (Å²) in [5.41, 5.74) is 0.423. The van der Waals surface area contributed by atoms with E-state index in [0.717, 1.165) is 18.2 Å². The summed E-state index contributed by atoms with van der Waals surface area (Å²) in [5.74, 6) is 0.705. The van der Waals surface area contributed by atoms with Gasteiger partial charge in [-0.2, -0.15) is 10.1 Å². The van der Waals surface area contributed by atoms with Gasteiger partial charge >= 0.3 is 0 Å². The zero-order valence-electron chi connectivity index (χ0n) is 15.6. The summed E-state index contributed by atoms with van der Waals surface area (Å²) in [6.45, 7) is 2.72. The van der Waals surface area contributed by atoms with Crippen LogP contribution >= 0.6 is 0 Å². The third kappa shape index (κ3) is 3.79. The molecular weight excluding hydrogens is 362 g/mol. The fourth-order valence-electron chi connectivity index (χ4n) is 3.29. The van der Waals surface area contributed by atoms with Crippen LogP contribution in [0.4, 0.5) is 0 Å². The molecule has 4 rings (SSSR count). The first kappa shape index (κ1) is 18.3. The number of carbonyl (C=O) groups is 1. The summed E-state index contributed by atoms with van der Waals surface area (Å²) in [7, 11) is 0. The van der Waals surface area contributed by atoms with E-state index in [1.54, 1.807) is 12.1 Å². The Balaban J connectivity index is 1.34. The van der Waals surface area contributed by atoms with Crippen LogP contribution < -0.4 is 10.9 Å². The van der Waals surface area contributed by atoms with Crippen LogP contribution in [0, 0.1) is 6.92 Å². The highest BCUT2D eigenvalue weighted by molar-refractivity contribution is 5.83. The van der Waals surface area contributed by atoms with Crippen molar-refractivity contribution in [3.63, 3.8) is 0 Å². The molecule has 2 aromatic heterocycles. The van der Waals surface area contributed by atoms with Gasteiger partial charge in [-0.3, -0.25) is 9.59 Å². The number of ether oxygens (including phenoxy) is 1. The lowest BCUT2D eigenvalue weighted by Gasteiger charge is -2.09. The largest absolute Gasteiger partial charge is 0.368 e. The van der Waals surface area contributed by atoms with Gasteiger partial charge in [0.25, 0.3) is 11.4 Å². The monoisotopic (exact) mass is 383 g/mol. The van der Waals surface area contributed by atoms with Crippen molar-refractivity contribution in [2.24, 2.45) is 0 Å². The number of nitrogens with zero attached hydrogens (tertiary/aromatic N) is 4. The van der Waals surface area contributed by atoms with Crippen LogP contribution in [0.1, 0.15) is 36.4 Å². The van der Waals surface area contributed by atoms with Crippen LogP contribution in [-0.2, 0) is 22.5 Å². The van der Waals surface area contributed by atoms with Gasteiger partial charge < -0.3 is 14.6 Å². The minimum absolute atomic E-state index is 0.120. The summed E-state index contributed by atoms with van der Waals surface area (Å²) in [4.78, 5) is 29.0. The Morgan fingerprint density at radius 1 is 1.32 bits per heavy atom. The molecule has 0 bridgehead atoms. The first-order chi connectivity index (χ1) is 13.6. The van der Waals surface area contributed by atoms with Gasteiger partial charge in [-0.1, -0.05) is 23.4 Å². The van der Waals surface area contributed by atoms with Crippen molar-refractivity contribution in [1.82, 2.24) is 25.2 Å². The van der Waals surface area contributed by atoms with Crippen LogP contribution in [-0.4, -0.2) is 39.0 Å². The molecule has 0 spiro atoms. The van der Waals surface area contributed by atoms with E-state index in [4.69, 9.17) is 9.26 Å². The van der Waals surface area contributed by atoms with E-state index in [1.165, 1.54) is 4.68 Å². The quantitative estimate of drug-likeness (QED) is 0.683. The van der Waals surface area contributed by atoms with Crippen molar-refractivity contribution in [1.29, 1.82) is 0 Å². The molecule has 146 valence electrons. The SMILES string of the molecule is Cc1nn(CC(=O)NCCc2noc([C@@H]3CCCO3)n2)c(=O)c2ccccc12. The highest BCUT2D eigenvalue weighted by Crippen LogP contribution is 2.26. The lowest BCUT2D eigenvalue weighted by atomic mass is 10.1. The first-order valence-electron chi connectivity index (χ1n) is 9.29. The molecule has 1 aromatic carbocycles. The number of hydrogen-bond donors (Lipinski definition) is 1. The molecule has 0 aliphatic carbocycles. The first-order valence-corrected chi connectivity index (χ1v) is 9.29. The second-order valence-corrected chi connectivity index (χ2v) is 6.74. The Hall–Kier alpha value is -3.07. The van der Waals surface area contributed by atoms with Gasteiger partial charge in [-0.05, 0) is 25.8 Å². The zero-order valence-corrected chi connectivity index (χ0v) is 15.6.